The second kappa shape index (κ2) is 11.1. The second-order valence-corrected chi connectivity index (χ2v) is 10.7. The van der Waals surface area contributed by atoms with E-state index in [4.69, 9.17) is 21.1 Å². The van der Waals surface area contributed by atoms with Crippen molar-refractivity contribution in [3.05, 3.63) is 55.4 Å². The Hall–Kier alpha value is -2.09. The summed E-state index contributed by atoms with van der Waals surface area (Å²) in [6, 6.07) is 0.0546. The van der Waals surface area contributed by atoms with Crippen molar-refractivity contribution in [2.45, 2.75) is 64.0 Å². The summed E-state index contributed by atoms with van der Waals surface area (Å²) in [6.07, 6.45) is 13.5. The van der Waals surface area contributed by atoms with Gasteiger partial charge in [0, 0.05) is 22.6 Å². The molecular weight excluding hydrogens is 474 g/mol. The van der Waals surface area contributed by atoms with Gasteiger partial charge < -0.3 is 19.5 Å². The highest BCUT2D eigenvalue weighted by Gasteiger charge is 2.36. The Balaban J connectivity index is 1.80. The third-order valence-electron chi connectivity index (χ3n) is 6.72. The minimum Gasteiger partial charge on any atom is -0.465 e. The number of fused-ring (bicyclic) bond motifs is 1. The molecule has 0 aromatic carbocycles. The highest BCUT2D eigenvalue weighted by atomic mass is 35.5. The zero-order valence-electron chi connectivity index (χ0n) is 19.8. The molecule has 0 radical (unpaired) electrons. The number of hydrogen-bond donors (Lipinski definition) is 1. The number of methoxy groups -OCH3 is 2. The summed E-state index contributed by atoms with van der Waals surface area (Å²) in [5.41, 5.74) is 2.51. The maximum atomic E-state index is 12.9. The van der Waals surface area contributed by atoms with Crippen LogP contribution in [0.25, 0.3) is 0 Å². The molecule has 1 saturated carbocycles. The summed E-state index contributed by atoms with van der Waals surface area (Å²) in [6.45, 7) is 0.600. The highest BCUT2D eigenvalue weighted by Crippen LogP contribution is 2.42. The van der Waals surface area contributed by atoms with E-state index in [1.54, 1.807) is 23.6 Å². The van der Waals surface area contributed by atoms with E-state index in [1.807, 2.05) is 0 Å². The van der Waals surface area contributed by atoms with Crippen LogP contribution in [0.5, 0.6) is 0 Å². The quantitative estimate of drug-likeness (QED) is 0.515. The largest absolute Gasteiger partial charge is 0.465 e. The number of aryl methyl sites for hydroxylation is 1. The SMILES string of the molecule is COC(=O)C1=C/C(CCCO)=C\C(C2CC2)N(Cc2sc3c(c2Cl)CCCC3)/C=C\1C(=O)OC. The van der Waals surface area contributed by atoms with Gasteiger partial charge in [-0.05, 0) is 74.5 Å². The van der Waals surface area contributed by atoms with Crippen LogP contribution in [-0.4, -0.2) is 48.8 Å². The number of aliphatic hydroxyl groups is 1. The normalized spacial score (nSPS) is 25.0. The van der Waals surface area contributed by atoms with Gasteiger partial charge in [-0.1, -0.05) is 17.7 Å². The average molecular weight is 506 g/mol. The number of carbonyl (C=O) groups excluding carboxylic acids is 2. The summed E-state index contributed by atoms with van der Waals surface area (Å²) in [4.78, 5) is 30.2. The summed E-state index contributed by atoms with van der Waals surface area (Å²) < 4.78 is 10.1. The van der Waals surface area contributed by atoms with Gasteiger partial charge >= 0.3 is 11.9 Å². The molecule has 3 aliphatic rings. The molecule has 2 aliphatic carbocycles. The lowest BCUT2D eigenvalue weighted by Crippen LogP contribution is -2.33. The number of carbonyl (C=O) groups is 2. The van der Waals surface area contributed by atoms with Crippen molar-refractivity contribution in [3.63, 3.8) is 0 Å². The number of allylic oxidation sites excluding steroid dienone is 2. The lowest BCUT2D eigenvalue weighted by atomic mass is 9.95. The maximum absolute atomic E-state index is 12.9. The fraction of sp³-hybridized carbons (Fsp3) is 0.538. The predicted molar refractivity (Wildman–Crippen MR) is 133 cm³/mol. The Morgan fingerprint density at radius 3 is 2.50 bits per heavy atom. The standard InChI is InChI=1S/C26H32ClNO5S/c1-32-25(30)19-12-16(6-5-11-29)13-21(17-9-10-17)28(14-20(19)26(31)33-2)15-23-24(27)18-7-3-4-8-22(18)34-23/h12-14,17,21,29H,3-11,15H2,1-2H3/b16-13-,19-12+,20-14+. The minimum absolute atomic E-state index is 0.0482. The molecule has 2 heterocycles. The van der Waals surface area contributed by atoms with Crippen LogP contribution in [0.1, 0.15) is 53.8 Å². The van der Waals surface area contributed by atoms with Gasteiger partial charge in [0.1, 0.15) is 0 Å². The second-order valence-electron chi connectivity index (χ2n) is 9.10. The Bertz CT molecular complexity index is 1040. The Morgan fingerprint density at radius 2 is 1.85 bits per heavy atom. The molecule has 1 aliphatic heterocycles. The van der Waals surface area contributed by atoms with Crippen LogP contribution in [0.15, 0.2) is 35.1 Å². The van der Waals surface area contributed by atoms with Gasteiger partial charge in [-0.3, -0.25) is 0 Å². The number of ether oxygens (including phenoxy) is 2. The predicted octanol–water partition coefficient (Wildman–Crippen LogP) is 4.73. The Labute approximate surface area is 209 Å². The summed E-state index contributed by atoms with van der Waals surface area (Å²) in [5, 5.41) is 10.3. The first kappa shape index (κ1) is 25.0. The van der Waals surface area contributed by atoms with E-state index in [0.29, 0.717) is 25.3 Å². The van der Waals surface area contributed by atoms with Crippen LogP contribution in [0.2, 0.25) is 5.02 Å². The van der Waals surface area contributed by atoms with E-state index >= 15 is 0 Å². The van der Waals surface area contributed by atoms with E-state index in [-0.39, 0.29) is 23.8 Å². The number of hydrogen-bond acceptors (Lipinski definition) is 7. The molecule has 1 aromatic heterocycles. The molecule has 8 heteroatoms. The lowest BCUT2D eigenvalue weighted by Gasteiger charge is -2.31. The molecule has 0 bridgehead atoms. The van der Waals surface area contributed by atoms with Crippen molar-refractivity contribution in [1.82, 2.24) is 4.90 Å². The monoisotopic (exact) mass is 505 g/mol. The van der Waals surface area contributed by atoms with E-state index < -0.39 is 11.9 Å². The van der Waals surface area contributed by atoms with E-state index in [2.05, 4.69) is 11.0 Å². The van der Waals surface area contributed by atoms with Crippen molar-refractivity contribution in [2.75, 3.05) is 20.8 Å². The number of thiophene rings is 1. The van der Waals surface area contributed by atoms with Crippen molar-refractivity contribution < 1.29 is 24.2 Å². The first-order valence-electron chi connectivity index (χ1n) is 11.9. The zero-order chi connectivity index (χ0) is 24.2. The van der Waals surface area contributed by atoms with Gasteiger partial charge in [0.25, 0.3) is 0 Å². The topological polar surface area (TPSA) is 76.1 Å². The third-order valence-corrected chi connectivity index (χ3v) is 8.57. The van der Waals surface area contributed by atoms with Crippen molar-refractivity contribution >= 4 is 34.9 Å². The average Bonchev–Trinajstić information content (AvgIpc) is 3.64. The summed E-state index contributed by atoms with van der Waals surface area (Å²) in [7, 11) is 2.61. The highest BCUT2D eigenvalue weighted by molar-refractivity contribution is 7.12. The molecule has 1 aromatic rings. The molecule has 1 atom stereocenters. The summed E-state index contributed by atoms with van der Waals surface area (Å²) >= 11 is 8.61. The molecule has 4 rings (SSSR count). The van der Waals surface area contributed by atoms with E-state index in [1.165, 1.54) is 31.1 Å². The van der Waals surface area contributed by atoms with Crippen LogP contribution < -0.4 is 0 Å². The van der Waals surface area contributed by atoms with Gasteiger partial charge in [0.2, 0.25) is 0 Å². The first-order valence-corrected chi connectivity index (χ1v) is 13.1. The fourth-order valence-electron chi connectivity index (χ4n) is 4.79. The number of aliphatic hydroxyl groups excluding tert-OH is 1. The summed E-state index contributed by atoms with van der Waals surface area (Å²) in [5.74, 6) is -0.724. The fourth-order valence-corrected chi connectivity index (χ4v) is 6.52. The maximum Gasteiger partial charge on any atom is 0.340 e. The van der Waals surface area contributed by atoms with Crippen molar-refractivity contribution in [2.24, 2.45) is 5.92 Å². The van der Waals surface area contributed by atoms with Crippen LogP contribution >= 0.6 is 22.9 Å². The van der Waals surface area contributed by atoms with E-state index in [0.717, 1.165) is 47.6 Å². The van der Waals surface area contributed by atoms with Gasteiger partial charge in [-0.2, -0.15) is 0 Å². The minimum atomic E-state index is -0.596. The molecule has 184 valence electrons. The smallest absolute Gasteiger partial charge is 0.340 e. The molecule has 34 heavy (non-hydrogen) atoms. The van der Waals surface area contributed by atoms with Gasteiger partial charge in [0.05, 0.1) is 43.0 Å². The number of nitrogens with zero attached hydrogens (tertiary/aromatic N) is 1. The molecule has 1 unspecified atom stereocenters. The molecule has 0 spiro atoms. The lowest BCUT2D eigenvalue weighted by molar-refractivity contribution is -0.139. The van der Waals surface area contributed by atoms with Crippen LogP contribution in [0, 0.1) is 5.92 Å². The van der Waals surface area contributed by atoms with Crippen molar-refractivity contribution in [3.8, 4) is 0 Å². The van der Waals surface area contributed by atoms with Gasteiger partial charge in [0.15, 0.2) is 0 Å². The van der Waals surface area contributed by atoms with Crippen LogP contribution in [0.4, 0.5) is 0 Å². The molecule has 1 N–H and O–H groups in total. The number of halogens is 1. The van der Waals surface area contributed by atoms with Crippen LogP contribution in [0.3, 0.4) is 0 Å². The number of esters is 2. The molecule has 1 fully saturated rings. The molecule has 6 nitrogen and oxygen atoms in total. The van der Waals surface area contributed by atoms with Gasteiger partial charge in [-0.25, -0.2) is 9.59 Å². The molecular formula is C26H32ClNO5S. The van der Waals surface area contributed by atoms with E-state index in [9.17, 15) is 14.7 Å². The zero-order valence-corrected chi connectivity index (χ0v) is 21.3. The first-order chi connectivity index (χ1) is 16.5. The third kappa shape index (κ3) is 5.42. The van der Waals surface area contributed by atoms with Crippen LogP contribution in [-0.2, 0) is 38.4 Å². The Kier molecular flexibility index (Phi) is 8.17. The molecule has 0 amide bonds. The Morgan fingerprint density at radius 1 is 1.15 bits per heavy atom. The van der Waals surface area contributed by atoms with Gasteiger partial charge in [-0.15, -0.1) is 11.3 Å². The number of rotatable bonds is 8. The molecule has 0 saturated heterocycles. The van der Waals surface area contributed by atoms with Crippen molar-refractivity contribution in [1.29, 1.82) is 0 Å².